The second-order valence-electron chi connectivity index (χ2n) is 7.91. The first-order chi connectivity index (χ1) is 14.8. The second kappa shape index (κ2) is 23.1. The normalized spacial score (nSPS) is 15.3. The highest BCUT2D eigenvalue weighted by Gasteiger charge is 2.24. The van der Waals surface area contributed by atoms with Gasteiger partial charge in [-0.3, -0.25) is 13.9 Å². The van der Waals surface area contributed by atoms with E-state index in [1.807, 2.05) is 0 Å². The molecule has 0 rings (SSSR count). The van der Waals surface area contributed by atoms with Gasteiger partial charge in [-0.15, -0.1) is 0 Å². The van der Waals surface area contributed by atoms with Crippen LogP contribution in [0.3, 0.4) is 0 Å². The summed E-state index contributed by atoms with van der Waals surface area (Å²) < 4.78 is 22.2. The van der Waals surface area contributed by atoms with Gasteiger partial charge in [-0.1, -0.05) is 66.2 Å². The Balaban J connectivity index is 0. The van der Waals surface area contributed by atoms with E-state index in [1.165, 1.54) is 0 Å². The van der Waals surface area contributed by atoms with Crippen molar-refractivity contribution in [3.05, 3.63) is 0 Å². The third-order valence-electron chi connectivity index (χ3n) is 5.28. The maximum absolute atomic E-state index is 11.9. The number of hydrogen-bond acceptors (Lipinski definition) is 7. The van der Waals surface area contributed by atoms with E-state index in [0.717, 1.165) is 51.4 Å². The number of hydrogen-bond donors (Lipinski definition) is 4. The lowest BCUT2D eigenvalue weighted by Gasteiger charge is -2.20. The molecule has 0 heterocycles. The summed E-state index contributed by atoms with van der Waals surface area (Å²) in [6, 6.07) is 0. The van der Waals surface area contributed by atoms with Crippen LogP contribution in [0.4, 0.5) is 0 Å². The zero-order valence-electron chi connectivity index (χ0n) is 20.4. The van der Waals surface area contributed by atoms with Crippen LogP contribution in [0.5, 0.6) is 0 Å². The molecule has 0 aliphatic heterocycles. The molecular weight excluding hydrogens is 421 g/mol. The molecule has 9 heteroatoms. The van der Waals surface area contributed by atoms with Crippen LogP contribution in [0.2, 0.25) is 0 Å². The predicted molar refractivity (Wildman–Crippen MR) is 126 cm³/mol. The minimum absolute atomic E-state index is 0.0694. The average Bonchev–Trinajstić information content (AvgIpc) is 2.75. The fourth-order valence-electron chi connectivity index (χ4n) is 2.99. The molecule has 0 aliphatic carbocycles. The molecule has 0 aromatic rings. The summed E-state index contributed by atoms with van der Waals surface area (Å²) in [5.41, 5.74) is 0. The smallest absolute Gasteiger partial charge is 0.395 e. The van der Waals surface area contributed by atoms with Crippen molar-refractivity contribution >= 4 is 7.82 Å². The lowest BCUT2D eigenvalue weighted by Crippen LogP contribution is -2.32. The van der Waals surface area contributed by atoms with Gasteiger partial charge in [0.25, 0.3) is 0 Å². The summed E-state index contributed by atoms with van der Waals surface area (Å²) in [5, 5.41) is 25.5. The van der Waals surface area contributed by atoms with E-state index in [2.05, 4.69) is 27.7 Å². The van der Waals surface area contributed by atoms with Crippen LogP contribution in [0.15, 0.2) is 0 Å². The molecular formula is C22H50NO7P. The van der Waals surface area contributed by atoms with Gasteiger partial charge in [0, 0.05) is 19.6 Å². The summed E-state index contributed by atoms with van der Waals surface area (Å²) in [7, 11) is -3.89. The van der Waals surface area contributed by atoms with Crippen LogP contribution >= 0.6 is 7.82 Å². The standard InChI is InChI=1S/C16H35O4P.C6H15NO3/c1-5-9-11-15(7-3)13-19-21(17,18)20-14-16(8-4)12-10-6-2;8-4-1-7(2-5-9)3-6-10/h15-16H,5-14H2,1-4H3,(H,17,18);8-10H,1-6H2. The largest absolute Gasteiger partial charge is 0.472 e. The van der Waals surface area contributed by atoms with Crippen molar-refractivity contribution in [2.45, 2.75) is 79.1 Å². The quantitative estimate of drug-likeness (QED) is 0.198. The SMILES string of the molecule is CCCCC(CC)COP(=O)(O)OCC(CC)CCCC.OCCN(CCO)CCO. The van der Waals surface area contributed by atoms with E-state index >= 15 is 0 Å². The molecule has 2 unspecified atom stereocenters. The van der Waals surface area contributed by atoms with E-state index in [-0.39, 0.29) is 19.8 Å². The molecule has 0 saturated heterocycles. The first-order valence-corrected chi connectivity index (χ1v) is 13.5. The Morgan fingerprint density at radius 3 is 1.35 bits per heavy atom. The highest BCUT2D eigenvalue weighted by Crippen LogP contribution is 2.44. The van der Waals surface area contributed by atoms with E-state index in [0.29, 0.717) is 44.7 Å². The zero-order chi connectivity index (χ0) is 24.0. The minimum Gasteiger partial charge on any atom is -0.395 e. The average molecular weight is 472 g/mol. The molecule has 190 valence electrons. The molecule has 0 amide bonds. The Morgan fingerprint density at radius 2 is 1.10 bits per heavy atom. The van der Waals surface area contributed by atoms with E-state index in [9.17, 15) is 9.46 Å². The second-order valence-corrected chi connectivity index (χ2v) is 9.36. The summed E-state index contributed by atoms with van der Waals surface area (Å²) in [6.45, 7) is 10.9. The molecule has 4 N–H and O–H groups in total. The van der Waals surface area contributed by atoms with Gasteiger partial charge in [0.15, 0.2) is 0 Å². The first kappa shape index (κ1) is 33.1. The van der Waals surface area contributed by atoms with E-state index in [1.54, 1.807) is 4.90 Å². The van der Waals surface area contributed by atoms with Gasteiger partial charge in [0.2, 0.25) is 0 Å². The number of unbranched alkanes of at least 4 members (excludes halogenated alkanes) is 2. The van der Waals surface area contributed by atoms with Gasteiger partial charge in [-0.2, -0.15) is 0 Å². The molecule has 0 radical (unpaired) electrons. The maximum Gasteiger partial charge on any atom is 0.472 e. The molecule has 2 atom stereocenters. The Morgan fingerprint density at radius 1 is 0.742 bits per heavy atom. The van der Waals surface area contributed by atoms with Crippen LogP contribution in [0.1, 0.15) is 79.1 Å². The van der Waals surface area contributed by atoms with Crippen molar-refractivity contribution < 1.29 is 33.8 Å². The first-order valence-electron chi connectivity index (χ1n) is 12.0. The Kier molecular flexibility index (Phi) is 24.7. The van der Waals surface area contributed by atoms with Crippen LogP contribution in [0.25, 0.3) is 0 Å². The van der Waals surface area contributed by atoms with Crippen LogP contribution in [-0.2, 0) is 13.6 Å². The van der Waals surface area contributed by atoms with Crippen molar-refractivity contribution in [1.29, 1.82) is 0 Å². The van der Waals surface area contributed by atoms with Gasteiger partial charge in [0.1, 0.15) is 0 Å². The molecule has 31 heavy (non-hydrogen) atoms. The number of rotatable bonds is 20. The van der Waals surface area contributed by atoms with Gasteiger partial charge in [-0.25, -0.2) is 4.57 Å². The molecule has 0 aliphatic rings. The fraction of sp³-hybridized carbons (Fsp3) is 1.00. The van der Waals surface area contributed by atoms with Crippen LogP contribution in [0, 0.1) is 11.8 Å². The molecule has 8 nitrogen and oxygen atoms in total. The Bertz CT molecular complexity index is 377. The lowest BCUT2D eigenvalue weighted by atomic mass is 10.0. The Labute approximate surface area is 190 Å². The molecule has 0 aromatic carbocycles. The molecule has 0 bridgehead atoms. The van der Waals surface area contributed by atoms with E-state index < -0.39 is 7.82 Å². The maximum atomic E-state index is 11.9. The summed E-state index contributed by atoms with van der Waals surface area (Å²) in [4.78, 5) is 11.6. The summed E-state index contributed by atoms with van der Waals surface area (Å²) in [6.07, 6.45) is 8.56. The predicted octanol–water partition coefficient (Wildman–Crippen LogP) is 3.82. The lowest BCUT2D eigenvalue weighted by molar-refractivity contribution is 0.110. The fourth-order valence-corrected chi connectivity index (χ4v) is 3.87. The number of phosphoric acid groups is 1. The van der Waals surface area contributed by atoms with Crippen molar-refractivity contribution in [3.63, 3.8) is 0 Å². The number of phosphoric ester groups is 1. The molecule has 0 aromatic heterocycles. The van der Waals surface area contributed by atoms with Crippen molar-refractivity contribution in [2.75, 3.05) is 52.7 Å². The number of nitrogens with zero attached hydrogens (tertiary/aromatic N) is 1. The monoisotopic (exact) mass is 471 g/mol. The highest BCUT2D eigenvalue weighted by atomic mass is 31.2. The van der Waals surface area contributed by atoms with Crippen molar-refractivity contribution in [3.8, 4) is 0 Å². The van der Waals surface area contributed by atoms with Crippen LogP contribution in [-0.4, -0.2) is 77.8 Å². The topological polar surface area (TPSA) is 120 Å². The van der Waals surface area contributed by atoms with Crippen LogP contribution < -0.4 is 0 Å². The number of aliphatic hydroxyl groups is 3. The molecule has 0 fully saturated rings. The highest BCUT2D eigenvalue weighted by molar-refractivity contribution is 7.47. The zero-order valence-corrected chi connectivity index (χ0v) is 21.3. The Hall–Kier alpha value is -0.0500. The summed E-state index contributed by atoms with van der Waals surface area (Å²) in [5.74, 6) is 0.687. The molecule has 0 saturated carbocycles. The van der Waals surface area contributed by atoms with Crippen molar-refractivity contribution in [2.24, 2.45) is 11.8 Å². The van der Waals surface area contributed by atoms with Gasteiger partial charge in [0.05, 0.1) is 33.0 Å². The third kappa shape index (κ3) is 21.6. The van der Waals surface area contributed by atoms with Gasteiger partial charge >= 0.3 is 7.82 Å². The van der Waals surface area contributed by atoms with Gasteiger partial charge in [-0.05, 0) is 24.7 Å². The van der Waals surface area contributed by atoms with Crippen molar-refractivity contribution in [1.82, 2.24) is 4.90 Å². The third-order valence-corrected chi connectivity index (χ3v) is 6.23. The summed E-state index contributed by atoms with van der Waals surface area (Å²) >= 11 is 0. The van der Waals surface area contributed by atoms with Gasteiger partial charge < -0.3 is 20.2 Å². The number of aliphatic hydroxyl groups excluding tert-OH is 3. The minimum atomic E-state index is -3.89. The molecule has 0 spiro atoms. The van der Waals surface area contributed by atoms with E-state index in [4.69, 9.17) is 24.4 Å².